The number of rotatable bonds is 5. The zero-order chi connectivity index (χ0) is 17.0. The number of aliphatic hydroxyl groups excluding tert-OH is 1. The molecule has 1 heterocycles. The normalized spacial score (nSPS) is 12.0. The number of hydrogen-bond donors (Lipinski definition) is 3. The molecule has 2 aromatic rings. The first-order valence-corrected chi connectivity index (χ1v) is 7.48. The third-order valence-corrected chi connectivity index (χ3v) is 3.64. The van der Waals surface area contributed by atoms with Crippen LogP contribution in [-0.4, -0.2) is 33.1 Å². The first-order valence-electron chi connectivity index (χ1n) is 7.48. The van der Waals surface area contributed by atoms with Gasteiger partial charge in [0.05, 0.1) is 17.5 Å². The number of carbonyl (C=O) groups excluding carboxylic acids is 1. The molecule has 7 heteroatoms. The van der Waals surface area contributed by atoms with E-state index < -0.39 is 12.1 Å². The summed E-state index contributed by atoms with van der Waals surface area (Å²) < 4.78 is 3.20. The Labute approximate surface area is 134 Å². The molecule has 0 bridgehead atoms. The van der Waals surface area contributed by atoms with Gasteiger partial charge >= 0.3 is 6.03 Å². The molecule has 1 aromatic carbocycles. The van der Waals surface area contributed by atoms with Gasteiger partial charge < -0.3 is 15.7 Å². The van der Waals surface area contributed by atoms with Crippen LogP contribution in [0, 0.1) is 6.92 Å². The first-order chi connectivity index (χ1) is 10.9. The monoisotopic (exact) mass is 318 g/mol. The number of aromatic nitrogens is 2. The predicted octanol–water partition coefficient (Wildman–Crippen LogP) is 1.38. The molecule has 0 fully saturated rings. The highest BCUT2D eigenvalue weighted by Crippen LogP contribution is 2.13. The van der Waals surface area contributed by atoms with Gasteiger partial charge in [-0.1, -0.05) is 18.2 Å². The molecule has 2 rings (SSSR count). The molecule has 2 amide bonds. The Morgan fingerprint density at radius 1 is 1.30 bits per heavy atom. The van der Waals surface area contributed by atoms with Crippen LogP contribution in [0.15, 0.2) is 35.1 Å². The number of urea groups is 1. The zero-order valence-corrected chi connectivity index (χ0v) is 13.5. The highest BCUT2D eigenvalue weighted by Gasteiger charge is 2.17. The van der Waals surface area contributed by atoms with E-state index in [1.807, 2.05) is 30.3 Å². The summed E-state index contributed by atoms with van der Waals surface area (Å²) in [5.41, 5.74) is 1.34. The second-order valence-electron chi connectivity index (χ2n) is 5.46. The molecule has 0 saturated carbocycles. The number of hydrogen-bond acceptors (Lipinski definition) is 3. The number of anilines is 1. The lowest BCUT2D eigenvalue weighted by atomic mass is 10.3. The summed E-state index contributed by atoms with van der Waals surface area (Å²) in [5.74, 6) is 0. The van der Waals surface area contributed by atoms with Gasteiger partial charge in [0, 0.05) is 13.6 Å². The molecular formula is C16H22N4O3. The van der Waals surface area contributed by atoms with Gasteiger partial charge in [0.25, 0.3) is 5.56 Å². The van der Waals surface area contributed by atoms with E-state index in [1.165, 1.54) is 4.68 Å². The van der Waals surface area contributed by atoms with Gasteiger partial charge in [0.1, 0.15) is 5.69 Å². The Hall–Kier alpha value is -2.54. The van der Waals surface area contributed by atoms with Gasteiger partial charge in [0.2, 0.25) is 0 Å². The lowest BCUT2D eigenvalue weighted by Crippen LogP contribution is -2.33. The summed E-state index contributed by atoms with van der Waals surface area (Å²) >= 11 is 0. The van der Waals surface area contributed by atoms with Gasteiger partial charge in [0.15, 0.2) is 0 Å². The van der Waals surface area contributed by atoms with E-state index >= 15 is 0 Å². The Morgan fingerprint density at radius 2 is 1.96 bits per heavy atom. The average Bonchev–Trinajstić information content (AvgIpc) is 2.71. The maximum atomic E-state index is 12.6. The Morgan fingerprint density at radius 3 is 2.57 bits per heavy atom. The van der Waals surface area contributed by atoms with Gasteiger partial charge in [-0.15, -0.1) is 0 Å². The van der Waals surface area contributed by atoms with Gasteiger partial charge in [-0.25, -0.2) is 9.48 Å². The Balaban J connectivity index is 2.21. The minimum atomic E-state index is -0.482. The molecule has 0 spiro atoms. The Kier molecular flexibility index (Phi) is 5.23. The molecule has 1 atom stereocenters. The van der Waals surface area contributed by atoms with Crippen molar-refractivity contribution in [2.75, 3.05) is 11.9 Å². The van der Waals surface area contributed by atoms with E-state index in [0.29, 0.717) is 18.7 Å². The van der Waals surface area contributed by atoms with Crippen molar-refractivity contribution in [2.45, 2.75) is 26.4 Å². The number of carbonyl (C=O) groups is 1. The van der Waals surface area contributed by atoms with Crippen LogP contribution in [0.5, 0.6) is 0 Å². The molecule has 0 aliphatic carbocycles. The molecule has 1 unspecified atom stereocenters. The predicted molar refractivity (Wildman–Crippen MR) is 89.1 cm³/mol. The SMILES string of the molecule is Cc1c(NC(=O)NCCC(C)O)c(=O)n(-c2ccccc2)n1C. The van der Waals surface area contributed by atoms with E-state index in [-0.39, 0.29) is 11.2 Å². The second-order valence-corrected chi connectivity index (χ2v) is 5.46. The van der Waals surface area contributed by atoms with E-state index in [9.17, 15) is 14.7 Å². The smallest absolute Gasteiger partial charge is 0.319 e. The molecule has 0 radical (unpaired) electrons. The van der Waals surface area contributed by atoms with Crippen LogP contribution in [0.2, 0.25) is 0 Å². The fraction of sp³-hybridized carbons (Fsp3) is 0.375. The lowest BCUT2D eigenvalue weighted by Gasteiger charge is -2.08. The first kappa shape index (κ1) is 16.8. The van der Waals surface area contributed by atoms with Gasteiger partial charge in [-0.05, 0) is 32.4 Å². The van der Waals surface area contributed by atoms with E-state index in [2.05, 4.69) is 10.6 Å². The van der Waals surface area contributed by atoms with Gasteiger partial charge in [-0.3, -0.25) is 9.48 Å². The van der Waals surface area contributed by atoms with Crippen molar-refractivity contribution in [1.29, 1.82) is 0 Å². The van der Waals surface area contributed by atoms with Crippen molar-refractivity contribution in [1.82, 2.24) is 14.7 Å². The number of para-hydroxylation sites is 1. The number of benzene rings is 1. The van der Waals surface area contributed by atoms with Crippen LogP contribution in [-0.2, 0) is 7.05 Å². The average molecular weight is 318 g/mol. The van der Waals surface area contributed by atoms with Crippen molar-refractivity contribution in [3.63, 3.8) is 0 Å². The number of aliphatic hydroxyl groups is 1. The van der Waals surface area contributed by atoms with Crippen LogP contribution in [0.25, 0.3) is 5.69 Å². The van der Waals surface area contributed by atoms with Crippen molar-refractivity contribution < 1.29 is 9.90 Å². The number of amides is 2. The standard InChI is InChI=1S/C16H22N4O3/c1-11(21)9-10-17-16(23)18-14-12(2)19(3)20(15(14)22)13-7-5-4-6-8-13/h4-8,11,21H,9-10H2,1-3H3,(H2,17,18,23). The minimum Gasteiger partial charge on any atom is -0.393 e. The van der Waals surface area contributed by atoms with Crippen LogP contribution in [0.3, 0.4) is 0 Å². The highest BCUT2D eigenvalue weighted by molar-refractivity contribution is 5.89. The van der Waals surface area contributed by atoms with Crippen molar-refractivity contribution in [3.8, 4) is 5.69 Å². The molecule has 0 aliphatic heterocycles. The van der Waals surface area contributed by atoms with Crippen LogP contribution in [0.1, 0.15) is 19.0 Å². The summed E-state index contributed by atoms with van der Waals surface area (Å²) in [4.78, 5) is 24.5. The highest BCUT2D eigenvalue weighted by atomic mass is 16.3. The summed E-state index contributed by atoms with van der Waals surface area (Å²) in [5, 5.41) is 14.4. The molecule has 7 nitrogen and oxygen atoms in total. The molecule has 0 aliphatic rings. The molecule has 3 N–H and O–H groups in total. The van der Waals surface area contributed by atoms with E-state index in [4.69, 9.17) is 0 Å². The van der Waals surface area contributed by atoms with E-state index in [1.54, 1.807) is 25.6 Å². The van der Waals surface area contributed by atoms with Crippen molar-refractivity contribution in [3.05, 3.63) is 46.4 Å². The minimum absolute atomic E-state index is 0.242. The van der Waals surface area contributed by atoms with Crippen molar-refractivity contribution in [2.24, 2.45) is 7.05 Å². The molecule has 1 aromatic heterocycles. The number of nitrogens with zero attached hydrogens (tertiary/aromatic N) is 2. The van der Waals surface area contributed by atoms with Crippen LogP contribution in [0.4, 0.5) is 10.5 Å². The molecular weight excluding hydrogens is 296 g/mol. The largest absolute Gasteiger partial charge is 0.393 e. The fourth-order valence-electron chi connectivity index (χ4n) is 2.26. The summed E-state index contributed by atoms with van der Waals surface area (Å²) in [6, 6.07) is 8.76. The third-order valence-electron chi connectivity index (χ3n) is 3.64. The molecule has 0 saturated heterocycles. The zero-order valence-electron chi connectivity index (χ0n) is 13.5. The number of nitrogens with one attached hydrogen (secondary N) is 2. The summed E-state index contributed by atoms with van der Waals surface area (Å²) in [7, 11) is 1.76. The van der Waals surface area contributed by atoms with E-state index in [0.717, 1.165) is 5.69 Å². The maximum Gasteiger partial charge on any atom is 0.319 e. The molecule has 23 heavy (non-hydrogen) atoms. The van der Waals surface area contributed by atoms with Crippen LogP contribution < -0.4 is 16.2 Å². The topological polar surface area (TPSA) is 88.3 Å². The van der Waals surface area contributed by atoms with Crippen molar-refractivity contribution >= 4 is 11.7 Å². The quantitative estimate of drug-likeness (QED) is 0.778. The van der Waals surface area contributed by atoms with Gasteiger partial charge in [-0.2, -0.15) is 0 Å². The lowest BCUT2D eigenvalue weighted by molar-refractivity contribution is 0.184. The summed E-state index contributed by atoms with van der Waals surface area (Å²) in [6.45, 7) is 3.76. The second kappa shape index (κ2) is 7.15. The third kappa shape index (κ3) is 3.81. The Bertz CT molecular complexity index is 732. The summed E-state index contributed by atoms with van der Waals surface area (Å²) in [6.07, 6.45) is -0.0285. The maximum absolute atomic E-state index is 12.6. The fourth-order valence-corrected chi connectivity index (χ4v) is 2.26. The van der Waals surface area contributed by atoms with Crippen LogP contribution >= 0.6 is 0 Å². The molecule has 124 valence electrons.